The predicted molar refractivity (Wildman–Crippen MR) is 75.1 cm³/mol. The van der Waals surface area contributed by atoms with E-state index < -0.39 is 20.7 Å². The van der Waals surface area contributed by atoms with E-state index in [9.17, 15) is 12.8 Å². The Morgan fingerprint density at radius 1 is 1.37 bits per heavy atom. The summed E-state index contributed by atoms with van der Waals surface area (Å²) in [5, 5.41) is 0.0850. The van der Waals surface area contributed by atoms with E-state index in [2.05, 4.69) is 4.72 Å². The molecule has 4 nitrogen and oxygen atoms in total. The molecule has 0 unspecified atom stereocenters. The molecule has 0 aliphatic heterocycles. The van der Waals surface area contributed by atoms with E-state index in [1.54, 1.807) is 0 Å². The molecule has 0 radical (unpaired) electrons. The summed E-state index contributed by atoms with van der Waals surface area (Å²) in [6.07, 6.45) is 1.69. The van der Waals surface area contributed by atoms with Crippen molar-refractivity contribution in [3.05, 3.63) is 23.0 Å². The lowest BCUT2D eigenvalue weighted by molar-refractivity contribution is 0.477. The highest BCUT2D eigenvalue weighted by molar-refractivity contribution is 7.89. The first-order valence-electron chi connectivity index (χ1n) is 6.06. The van der Waals surface area contributed by atoms with Crippen LogP contribution >= 0.6 is 11.6 Å². The predicted octanol–water partition coefficient (Wildman–Crippen LogP) is 2.78. The van der Waals surface area contributed by atoms with E-state index in [1.807, 2.05) is 13.8 Å². The number of sulfonamides is 1. The van der Waals surface area contributed by atoms with Crippen LogP contribution in [0.5, 0.6) is 0 Å². The van der Waals surface area contributed by atoms with Gasteiger partial charge in [0.05, 0.1) is 5.69 Å². The number of anilines is 1. The van der Waals surface area contributed by atoms with Crippen molar-refractivity contribution >= 4 is 27.3 Å². The standard InChI is InChI=1S/C12H18ClFN2O2S/c1-3-8(4-2)7-16-19(17,18)11-6-9(13)5-10(15)12(11)14/h5-6,8,16H,3-4,7,15H2,1-2H3. The van der Waals surface area contributed by atoms with Crippen LogP contribution in [-0.2, 0) is 10.0 Å². The number of nitrogens with two attached hydrogens (primary N) is 1. The fraction of sp³-hybridized carbons (Fsp3) is 0.500. The van der Waals surface area contributed by atoms with Crippen molar-refractivity contribution in [3.63, 3.8) is 0 Å². The van der Waals surface area contributed by atoms with Crippen LogP contribution in [0.1, 0.15) is 26.7 Å². The summed E-state index contributed by atoms with van der Waals surface area (Å²) >= 11 is 5.71. The van der Waals surface area contributed by atoms with Crippen LogP contribution < -0.4 is 10.5 Å². The van der Waals surface area contributed by atoms with Crippen LogP contribution in [0.15, 0.2) is 17.0 Å². The van der Waals surface area contributed by atoms with Gasteiger partial charge in [-0.15, -0.1) is 0 Å². The van der Waals surface area contributed by atoms with E-state index in [0.717, 1.165) is 18.9 Å². The number of nitrogens with one attached hydrogen (secondary N) is 1. The van der Waals surface area contributed by atoms with Crippen LogP contribution in [0.4, 0.5) is 10.1 Å². The van der Waals surface area contributed by atoms with E-state index in [1.165, 1.54) is 6.07 Å². The van der Waals surface area contributed by atoms with Crippen molar-refractivity contribution in [1.29, 1.82) is 0 Å². The zero-order chi connectivity index (χ0) is 14.6. The minimum atomic E-state index is -3.94. The van der Waals surface area contributed by atoms with Crippen LogP contribution in [0.3, 0.4) is 0 Å². The average Bonchev–Trinajstić information content (AvgIpc) is 2.34. The van der Waals surface area contributed by atoms with Gasteiger partial charge in [-0.3, -0.25) is 0 Å². The summed E-state index contributed by atoms with van der Waals surface area (Å²) in [5.41, 5.74) is 5.09. The molecular formula is C12H18ClFN2O2S. The maximum Gasteiger partial charge on any atom is 0.243 e. The number of nitrogen functional groups attached to an aromatic ring is 1. The SMILES string of the molecule is CCC(CC)CNS(=O)(=O)c1cc(Cl)cc(N)c1F. The van der Waals surface area contributed by atoms with Gasteiger partial charge in [0.25, 0.3) is 0 Å². The molecule has 0 atom stereocenters. The van der Waals surface area contributed by atoms with E-state index in [-0.39, 0.29) is 23.2 Å². The Labute approximate surface area is 118 Å². The maximum atomic E-state index is 13.8. The molecule has 7 heteroatoms. The molecule has 0 fully saturated rings. The van der Waals surface area contributed by atoms with Gasteiger partial charge in [-0.1, -0.05) is 38.3 Å². The van der Waals surface area contributed by atoms with Gasteiger partial charge in [0.15, 0.2) is 5.82 Å². The van der Waals surface area contributed by atoms with Crippen LogP contribution in [0, 0.1) is 11.7 Å². The summed E-state index contributed by atoms with van der Waals surface area (Å²) < 4.78 is 40.2. The van der Waals surface area contributed by atoms with Gasteiger partial charge in [0.1, 0.15) is 4.90 Å². The number of hydrogen-bond acceptors (Lipinski definition) is 3. The van der Waals surface area contributed by atoms with Gasteiger partial charge < -0.3 is 5.73 Å². The Morgan fingerprint density at radius 3 is 2.47 bits per heavy atom. The first kappa shape index (κ1) is 16.2. The molecule has 0 saturated carbocycles. The second-order valence-corrected chi connectivity index (χ2v) is 6.51. The lowest BCUT2D eigenvalue weighted by atomic mass is 10.0. The molecule has 0 amide bonds. The average molecular weight is 309 g/mol. The molecule has 1 rings (SSSR count). The lowest BCUT2D eigenvalue weighted by Crippen LogP contribution is -2.29. The Hall–Kier alpha value is -0.850. The Kier molecular flexibility index (Phi) is 5.58. The number of benzene rings is 1. The molecule has 108 valence electrons. The summed E-state index contributed by atoms with van der Waals surface area (Å²) in [7, 11) is -3.94. The molecule has 1 aromatic carbocycles. The zero-order valence-corrected chi connectivity index (χ0v) is 12.5. The third kappa shape index (κ3) is 4.06. The number of rotatable bonds is 6. The van der Waals surface area contributed by atoms with Gasteiger partial charge in [0, 0.05) is 11.6 Å². The van der Waals surface area contributed by atoms with Crippen molar-refractivity contribution < 1.29 is 12.8 Å². The van der Waals surface area contributed by atoms with Crippen molar-refractivity contribution in [1.82, 2.24) is 4.72 Å². The Morgan fingerprint density at radius 2 is 1.95 bits per heavy atom. The Balaban J connectivity index is 3.01. The topological polar surface area (TPSA) is 72.2 Å². The minimum Gasteiger partial charge on any atom is -0.396 e. The smallest absolute Gasteiger partial charge is 0.243 e. The minimum absolute atomic E-state index is 0.0850. The van der Waals surface area contributed by atoms with Crippen molar-refractivity contribution in [2.75, 3.05) is 12.3 Å². The first-order chi connectivity index (χ1) is 8.81. The normalized spacial score (nSPS) is 12.1. The van der Waals surface area contributed by atoms with Crippen LogP contribution in [0.25, 0.3) is 0 Å². The summed E-state index contributed by atoms with van der Waals surface area (Å²) in [5.74, 6) is -0.754. The highest BCUT2D eigenvalue weighted by Gasteiger charge is 2.22. The van der Waals surface area contributed by atoms with E-state index in [0.29, 0.717) is 0 Å². The van der Waals surface area contributed by atoms with Gasteiger partial charge in [-0.05, 0) is 18.1 Å². The molecule has 0 aromatic heterocycles. The molecule has 19 heavy (non-hydrogen) atoms. The number of hydrogen-bond donors (Lipinski definition) is 2. The monoisotopic (exact) mass is 308 g/mol. The molecule has 0 bridgehead atoms. The summed E-state index contributed by atoms with van der Waals surface area (Å²) in [6, 6.07) is 2.24. The molecule has 1 aromatic rings. The molecule has 0 saturated heterocycles. The largest absolute Gasteiger partial charge is 0.396 e. The maximum absolute atomic E-state index is 13.8. The molecule has 0 spiro atoms. The highest BCUT2D eigenvalue weighted by Crippen LogP contribution is 2.25. The van der Waals surface area contributed by atoms with Gasteiger partial charge in [-0.25, -0.2) is 17.5 Å². The molecule has 0 heterocycles. The highest BCUT2D eigenvalue weighted by atomic mass is 35.5. The van der Waals surface area contributed by atoms with Gasteiger partial charge in [-0.2, -0.15) is 0 Å². The zero-order valence-electron chi connectivity index (χ0n) is 10.9. The quantitative estimate of drug-likeness (QED) is 0.794. The third-order valence-electron chi connectivity index (χ3n) is 3.04. The van der Waals surface area contributed by atoms with E-state index in [4.69, 9.17) is 17.3 Å². The van der Waals surface area contributed by atoms with Gasteiger partial charge in [0.2, 0.25) is 10.0 Å². The second kappa shape index (κ2) is 6.54. The Bertz CT molecular complexity index is 545. The van der Waals surface area contributed by atoms with Gasteiger partial charge >= 0.3 is 0 Å². The molecule has 0 aliphatic rings. The third-order valence-corrected chi connectivity index (χ3v) is 4.68. The fourth-order valence-corrected chi connectivity index (χ4v) is 3.20. The van der Waals surface area contributed by atoms with Crippen molar-refractivity contribution in [2.45, 2.75) is 31.6 Å². The summed E-state index contributed by atoms with van der Waals surface area (Å²) in [4.78, 5) is -0.511. The van der Waals surface area contributed by atoms with Crippen molar-refractivity contribution in [3.8, 4) is 0 Å². The second-order valence-electron chi connectivity index (χ2n) is 4.34. The fourth-order valence-electron chi connectivity index (χ4n) is 1.66. The van der Waals surface area contributed by atoms with Crippen LogP contribution in [0.2, 0.25) is 5.02 Å². The molecular weight excluding hydrogens is 291 g/mol. The lowest BCUT2D eigenvalue weighted by Gasteiger charge is -2.14. The van der Waals surface area contributed by atoms with Crippen LogP contribution in [-0.4, -0.2) is 15.0 Å². The number of halogens is 2. The first-order valence-corrected chi connectivity index (χ1v) is 7.92. The van der Waals surface area contributed by atoms with Crippen molar-refractivity contribution in [2.24, 2.45) is 5.92 Å². The molecule has 0 aliphatic carbocycles. The summed E-state index contributed by atoms with van der Waals surface area (Å²) in [6.45, 7) is 4.21. The van der Waals surface area contributed by atoms with E-state index >= 15 is 0 Å². The molecule has 3 N–H and O–H groups in total.